The van der Waals surface area contributed by atoms with Crippen LogP contribution in [0.4, 0.5) is 17.3 Å². The van der Waals surface area contributed by atoms with Crippen molar-refractivity contribution in [3.8, 4) is 11.4 Å². The topological polar surface area (TPSA) is 116 Å². The first-order valence-corrected chi connectivity index (χ1v) is 11.3. The Kier molecular flexibility index (Phi) is 11.4. The van der Waals surface area contributed by atoms with Gasteiger partial charge in [0.15, 0.2) is 5.82 Å². The minimum absolute atomic E-state index is 0. The Balaban J connectivity index is 0.00000385. The maximum absolute atomic E-state index is 8.06. The molecular weight excluding hydrogens is 573 g/mol. The summed E-state index contributed by atoms with van der Waals surface area (Å²) in [6.45, 7) is 5.19. The van der Waals surface area contributed by atoms with E-state index in [-0.39, 0.29) is 74.7 Å². The van der Waals surface area contributed by atoms with E-state index in [1.54, 1.807) is 13.1 Å². The third-order valence-corrected chi connectivity index (χ3v) is 5.65. The number of rotatable bonds is 9. The number of anilines is 3. The fraction of sp³-hybridized carbons (Fsp3) is 0.273. The van der Waals surface area contributed by atoms with Crippen molar-refractivity contribution in [2.24, 2.45) is 0 Å². The van der Waals surface area contributed by atoms with E-state index in [1.807, 2.05) is 51.4 Å². The molecule has 0 atom stereocenters. The molecule has 33 heavy (non-hydrogen) atoms. The summed E-state index contributed by atoms with van der Waals surface area (Å²) in [5.41, 5.74) is 9.74. The maximum Gasteiger partial charge on any atom is 1.00 e. The molecule has 1 aromatic carbocycles. The van der Waals surface area contributed by atoms with Gasteiger partial charge in [-0.2, -0.15) is 4.90 Å². The number of likely N-dealkylation sites (N-methyl/N-ethyl adjacent to an activating group) is 1. The predicted molar refractivity (Wildman–Crippen MR) is 136 cm³/mol. The summed E-state index contributed by atoms with van der Waals surface area (Å²) < 4.78 is 3.26. The van der Waals surface area contributed by atoms with Crippen LogP contribution < -0.4 is 84.7 Å². The second kappa shape index (κ2) is 13.3. The van der Waals surface area contributed by atoms with Crippen molar-refractivity contribution in [1.82, 2.24) is 19.9 Å². The molecule has 3 aromatic rings. The van der Waals surface area contributed by atoms with Gasteiger partial charge in [0.1, 0.15) is 16.7 Å². The van der Waals surface area contributed by atoms with Gasteiger partial charge >= 0.3 is 68.9 Å². The van der Waals surface area contributed by atoms with E-state index >= 15 is 0 Å². The minimum Gasteiger partial charge on any atom is -0.778 e. The van der Waals surface area contributed by atoms with Crippen LogP contribution in [0.3, 0.4) is 0 Å². The van der Waals surface area contributed by atoms with E-state index in [0.29, 0.717) is 34.4 Å². The fourth-order valence-electron chi connectivity index (χ4n) is 2.92. The number of nitrogens with one attached hydrogen (secondary N) is 3. The molecule has 0 spiro atoms. The van der Waals surface area contributed by atoms with Gasteiger partial charge in [-0.3, -0.25) is 0 Å². The van der Waals surface area contributed by atoms with Crippen LogP contribution in [0.5, 0.6) is 0 Å². The monoisotopic (exact) mass is 600 g/mol. The normalized spacial score (nSPS) is 10.6. The molecule has 0 aliphatic rings. The largest absolute Gasteiger partial charge is 1.00 e. The van der Waals surface area contributed by atoms with Gasteiger partial charge in [0, 0.05) is 48.2 Å². The van der Waals surface area contributed by atoms with Crippen molar-refractivity contribution in [2.75, 3.05) is 43.0 Å². The molecule has 8 nitrogen and oxygen atoms in total. The number of aromatic nitrogens is 3. The Morgan fingerprint density at radius 1 is 1.21 bits per heavy atom. The molecule has 0 aliphatic heterocycles. The smallest absolute Gasteiger partial charge is 0.778 e. The second-order valence-corrected chi connectivity index (χ2v) is 8.86. The molecule has 0 aliphatic carbocycles. The number of aryl methyl sites for hydroxylation is 1. The number of nitrogens with two attached hydrogens (primary N) is 1. The molecule has 168 valence electrons. The molecule has 0 unspecified atom stereocenters. The summed E-state index contributed by atoms with van der Waals surface area (Å²) in [7, 11) is 4.00. The number of benzene rings is 1. The number of hydrogen-bond donors (Lipinski definition) is 4. The molecule has 0 bridgehead atoms. The fourth-order valence-corrected chi connectivity index (χ4v) is 3.98. The Labute approximate surface area is 263 Å². The molecule has 11 heteroatoms. The Morgan fingerprint density at radius 3 is 2.61 bits per heavy atom. The summed E-state index contributed by atoms with van der Waals surface area (Å²) in [6, 6.07) is 9.60. The molecule has 2 aromatic heterocycles. The first-order valence-electron chi connectivity index (χ1n) is 10.0. The van der Waals surface area contributed by atoms with Crippen molar-refractivity contribution in [1.29, 1.82) is 5.41 Å². The second-order valence-electron chi connectivity index (χ2n) is 7.60. The third-order valence-electron chi connectivity index (χ3n) is 4.56. The van der Waals surface area contributed by atoms with Gasteiger partial charge in [-0.05, 0) is 57.8 Å². The van der Waals surface area contributed by atoms with E-state index in [1.165, 1.54) is 11.9 Å². The Morgan fingerprint density at radius 2 is 1.97 bits per heavy atom. The van der Waals surface area contributed by atoms with Crippen LogP contribution in [0.25, 0.3) is 11.4 Å². The summed E-state index contributed by atoms with van der Waals surface area (Å²) in [6.07, 6.45) is 1.78. The molecule has 2 heterocycles. The summed E-state index contributed by atoms with van der Waals surface area (Å²) >= 11 is 6.98. The average Bonchev–Trinajstić information content (AvgIpc) is 2.72. The quantitative estimate of drug-likeness (QED) is 0.161. The zero-order chi connectivity index (χ0) is 23.3. The summed E-state index contributed by atoms with van der Waals surface area (Å²) in [4.78, 5) is 16.1. The van der Waals surface area contributed by atoms with Gasteiger partial charge in [0.2, 0.25) is 0 Å². The first kappa shape index (κ1) is 28.3. The molecule has 0 saturated heterocycles. The van der Waals surface area contributed by atoms with E-state index in [0.717, 1.165) is 28.4 Å². The maximum atomic E-state index is 8.06. The van der Waals surface area contributed by atoms with Gasteiger partial charge in [-0.15, -0.1) is 0 Å². The number of pyridine rings is 1. The summed E-state index contributed by atoms with van der Waals surface area (Å²) in [5, 5.41) is 12.2. The van der Waals surface area contributed by atoms with Crippen LogP contribution in [-0.4, -0.2) is 52.7 Å². The van der Waals surface area contributed by atoms with Crippen molar-refractivity contribution in [3.05, 3.63) is 47.7 Å². The minimum atomic E-state index is 0. The number of nitrogens with zero attached hydrogens (tertiary/aromatic N) is 4. The van der Waals surface area contributed by atoms with Crippen molar-refractivity contribution < 1.29 is 68.9 Å². The molecule has 0 amide bonds. The van der Waals surface area contributed by atoms with E-state index < -0.39 is 0 Å². The first-order chi connectivity index (χ1) is 15.2. The zero-order valence-electron chi connectivity index (χ0n) is 19.6. The molecule has 0 radical (unpaired) electrons. The van der Waals surface area contributed by atoms with E-state index in [2.05, 4.69) is 29.9 Å². The van der Waals surface area contributed by atoms with Crippen LogP contribution in [0.15, 0.2) is 46.5 Å². The number of hydrogen-bond acceptors (Lipinski definition) is 10. The van der Waals surface area contributed by atoms with Crippen LogP contribution in [-0.2, 0) is 12.6 Å². The molecule has 3 rings (SSSR count). The van der Waals surface area contributed by atoms with Crippen molar-refractivity contribution in [3.63, 3.8) is 0 Å². The third kappa shape index (κ3) is 8.08. The van der Waals surface area contributed by atoms with Gasteiger partial charge < -0.3 is 38.7 Å². The Hall–Kier alpha value is -0.898. The van der Waals surface area contributed by atoms with Gasteiger partial charge in [-0.25, -0.2) is 15.0 Å². The van der Waals surface area contributed by atoms with Crippen molar-refractivity contribution in [2.45, 2.75) is 23.8 Å². The molecular formula is C22H27CsN8S2. The summed E-state index contributed by atoms with van der Waals surface area (Å²) in [5.74, 6) is 1.28. The van der Waals surface area contributed by atoms with Crippen LogP contribution in [0.2, 0.25) is 0 Å². The SMILES string of the molecule is CC(=N)c1c(N)nc(-c2ccc(NSc3cc(C)ccn3)c([S-])c2)nc1NCCN(C)C.[Cs+]. The average molecular weight is 601 g/mol. The van der Waals surface area contributed by atoms with Gasteiger partial charge in [0.05, 0.1) is 5.56 Å². The van der Waals surface area contributed by atoms with E-state index in [9.17, 15) is 0 Å². The zero-order valence-corrected chi connectivity index (χ0v) is 27.5. The van der Waals surface area contributed by atoms with Gasteiger partial charge in [0.25, 0.3) is 0 Å². The predicted octanol–water partition coefficient (Wildman–Crippen LogP) is 0.819. The van der Waals surface area contributed by atoms with Crippen LogP contribution in [0, 0.1) is 12.3 Å². The standard InChI is InChI=1S/C22H28N8S2.Cs/c1-13-7-8-25-18(11-13)32-29-16-6-5-15(12-17(16)31)21-27-20(24)19(14(2)23)22(28-21)26-9-10-30(3)4;/h5-8,11-12,23,29,31H,9-10H2,1-4H3,(H3,24,26,27,28);/q;+1/p-1. The van der Waals surface area contributed by atoms with Crippen LogP contribution >= 0.6 is 11.9 Å². The van der Waals surface area contributed by atoms with Crippen LogP contribution in [0.1, 0.15) is 18.1 Å². The molecule has 5 N–H and O–H groups in total. The van der Waals surface area contributed by atoms with Crippen molar-refractivity contribution >= 4 is 47.6 Å². The van der Waals surface area contributed by atoms with Gasteiger partial charge in [-0.1, -0.05) is 6.07 Å². The molecule has 0 saturated carbocycles. The van der Waals surface area contributed by atoms with E-state index in [4.69, 9.17) is 23.8 Å². The molecule has 0 fully saturated rings. The Bertz CT molecular complexity index is 1120. The number of nitrogen functional groups attached to an aromatic ring is 1.